The lowest BCUT2D eigenvalue weighted by molar-refractivity contribution is 0.0944. The van der Waals surface area contributed by atoms with Gasteiger partial charge in [0, 0.05) is 13.1 Å². The monoisotopic (exact) mass is 379 g/mol. The molecular weight excluding hydrogens is 358 g/mol. The zero-order valence-corrected chi connectivity index (χ0v) is 16.0. The number of carbonyl (C=O) groups excluding carboxylic acids is 1. The fourth-order valence-corrected chi connectivity index (χ4v) is 3.28. The first-order chi connectivity index (χ1) is 13.5. The number of nitrogens with one attached hydrogen (secondary N) is 1. The van der Waals surface area contributed by atoms with Gasteiger partial charge >= 0.3 is 0 Å². The zero-order chi connectivity index (χ0) is 19.8. The highest BCUT2D eigenvalue weighted by molar-refractivity contribution is 5.94. The second-order valence-electron chi connectivity index (χ2n) is 6.81. The van der Waals surface area contributed by atoms with Crippen LogP contribution in [0.15, 0.2) is 35.1 Å². The van der Waals surface area contributed by atoms with Crippen molar-refractivity contribution in [2.45, 2.75) is 33.9 Å². The van der Waals surface area contributed by atoms with Gasteiger partial charge in [0.1, 0.15) is 0 Å². The van der Waals surface area contributed by atoms with E-state index in [2.05, 4.69) is 10.3 Å². The lowest BCUT2D eigenvalue weighted by atomic mass is 10.1. The van der Waals surface area contributed by atoms with E-state index in [0.29, 0.717) is 23.6 Å². The Labute approximate surface area is 161 Å². The molecule has 1 aromatic heterocycles. The van der Waals surface area contributed by atoms with Gasteiger partial charge < -0.3 is 19.4 Å². The molecule has 0 radical (unpaired) electrons. The lowest BCUT2D eigenvalue weighted by Gasteiger charge is -2.12. The van der Waals surface area contributed by atoms with Crippen molar-refractivity contribution in [2.24, 2.45) is 0 Å². The van der Waals surface area contributed by atoms with Crippen LogP contribution in [0.5, 0.6) is 11.5 Å². The molecule has 1 N–H and O–H groups in total. The van der Waals surface area contributed by atoms with Crippen LogP contribution in [-0.4, -0.2) is 22.3 Å². The maximum atomic E-state index is 12.8. The summed E-state index contributed by atoms with van der Waals surface area (Å²) in [5, 5.41) is 2.78. The van der Waals surface area contributed by atoms with Crippen LogP contribution in [0.2, 0.25) is 0 Å². The van der Waals surface area contributed by atoms with Crippen molar-refractivity contribution in [1.29, 1.82) is 0 Å². The molecule has 1 aliphatic heterocycles. The zero-order valence-electron chi connectivity index (χ0n) is 16.0. The molecule has 0 bridgehead atoms. The number of ether oxygens (including phenoxy) is 2. The Morgan fingerprint density at radius 2 is 1.89 bits per heavy atom. The van der Waals surface area contributed by atoms with E-state index in [9.17, 15) is 9.59 Å². The molecule has 28 heavy (non-hydrogen) atoms. The van der Waals surface area contributed by atoms with Gasteiger partial charge in [-0.05, 0) is 61.7 Å². The van der Waals surface area contributed by atoms with Crippen molar-refractivity contribution < 1.29 is 14.3 Å². The Bertz CT molecular complexity index is 1150. The Kier molecular flexibility index (Phi) is 4.50. The first-order valence-corrected chi connectivity index (χ1v) is 9.16. The maximum absolute atomic E-state index is 12.8. The summed E-state index contributed by atoms with van der Waals surface area (Å²) in [6.07, 6.45) is 0. The summed E-state index contributed by atoms with van der Waals surface area (Å²) in [5.41, 5.74) is 3.88. The van der Waals surface area contributed by atoms with Crippen molar-refractivity contribution in [3.05, 3.63) is 63.1 Å². The minimum atomic E-state index is -0.495. The second kappa shape index (κ2) is 6.99. The molecule has 0 saturated carbocycles. The van der Waals surface area contributed by atoms with Crippen LogP contribution in [0.3, 0.4) is 0 Å². The molecule has 4 rings (SSSR count). The molecule has 1 amide bonds. The van der Waals surface area contributed by atoms with Crippen molar-refractivity contribution >= 4 is 16.9 Å². The fraction of sp³-hybridized carbons (Fsp3) is 0.286. The Morgan fingerprint density at radius 1 is 1.14 bits per heavy atom. The van der Waals surface area contributed by atoms with Crippen molar-refractivity contribution in [2.75, 3.05) is 6.79 Å². The molecule has 3 aromatic rings. The molecule has 0 spiro atoms. The smallest absolute Gasteiger partial charge is 0.282 e. The average molecular weight is 379 g/mol. The quantitative estimate of drug-likeness (QED) is 0.754. The van der Waals surface area contributed by atoms with E-state index in [4.69, 9.17) is 9.47 Å². The van der Waals surface area contributed by atoms with Crippen molar-refractivity contribution in [3.63, 3.8) is 0 Å². The van der Waals surface area contributed by atoms with Gasteiger partial charge in [-0.3, -0.25) is 9.59 Å². The highest BCUT2D eigenvalue weighted by Crippen LogP contribution is 2.32. The van der Waals surface area contributed by atoms with Gasteiger partial charge in [-0.2, -0.15) is 0 Å². The van der Waals surface area contributed by atoms with Crippen LogP contribution in [0.4, 0.5) is 0 Å². The predicted octanol–water partition coefficient (Wildman–Crippen LogP) is 2.69. The van der Waals surface area contributed by atoms with Crippen LogP contribution in [0.1, 0.15) is 34.1 Å². The summed E-state index contributed by atoms with van der Waals surface area (Å²) in [6, 6.07) is 9.31. The highest BCUT2D eigenvalue weighted by Gasteiger charge is 2.18. The van der Waals surface area contributed by atoms with Gasteiger partial charge in [0.25, 0.3) is 11.5 Å². The molecule has 2 aromatic carbocycles. The first-order valence-electron chi connectivity index (χ1n) is 9.16. The number of hydrogen-bond acceptors (Lipinski definition) is 5. The van der Waals surface area contributed by atoms with Crippen molar-refractivity contribution in [1.82, 2.24) is 14.9 Å². The summed E-state index contributed by atoms with van der Waals surface area (Å²) >= 11 is 0. The Morgan fingerprint density at radius 3 is 2.68 bits per heavy atom. The number of aromatic nitrogens is 2. The van der Waals surface area contributed by atoms with E-state index in [1.54, 1.807) is 10.6 Å². The third-order valence-corrected chi connectivity index (χ3v) is 4.98. The van der Waals surface area contributed by atoms with E-state index >= 15 is 0 Å². The minimum Gasteiger partial charge on any atom is -0.454 e. The number of fused-ring (bicyclic) bond motifs is 2. The molecule has 2 heterocycles. The Hall–Kier alpha value is -3.35. The van der Waals surface area contributed by atoms with Gasteiger partial charge in [-0.15, -0.1) is 0 Å². The van der Waals surface area contributed by atoms with Crippen molar-refractivity contribution in [3.8, 4) is 11.5 Å². The molecule has 1 aliphatic rings. The molecular formula is C21H21N3O4. The predicted molar refractivity (Wildman–Crippen MR) is 105 cm³/mol. The Balaban J connectivity index is 1.64. The van der Waals surface area contributed by atoms with E-state index in [-0.39, 0.29) is 24.6 Å². The maximum Gasteiger partial charge on any atom is 0.282 e. The van der Waals surface area contributed by atoms with Gasteiger partial charge in [0.2, 0.25) is 6.79 Å². The topological polar surface area (TPSA) is 82.5 Å². The van der Waals surface area contributed by atoms with Crippen LogP contribution in [-0.2, 0) is 13.1 Å². The summed E-state index contributed by atoms with van der Waals surface area (Å²) in [5.74, 6) is 0.836. The SMILES string of the molecule is CCn1c(=O)c(C(=O)NCc2ccc3c(c2)OCO3)nc2cc(C)c(C)cc21. The summed E-state index contributed by atoms with van der Waals surface area (Å²) in [6.45, 7) is 6.77. The number of nitrogens with zero attached hydrogens (tertiary/aromatic N) is 2. The molecule has 7 nitrogen and oxygen atoms in total. The third kappa shape index (κ3) is 3.09. The molecule has 7 heteroatoms. The van der Waals surface area contributed by atoms with Gasteiger partial charge in [-0.25, -0.2) is 4.98 Å². The van der Waals surface area contributed by atoms with Gasteiger partial charge in [0.15, 0.2) is 17.2 Å². The lowest BCUT2D eigenvalue weighted by Crippen LogP contribution is -2.34. The molecule has 0 atom stereocenters. The highest BCUT2D eigenvalue weighted by atomic mass is 16.7. The molecule has 0 saturated heterocycles. The number of aryl methyl sites for hydroxylation is 3. The van der Waals surface area contributed by atoms with Gasteiger partial charge in [0.05, 0.1) is 11.0 Å². The van der Waals surface area contributed by atoms with E-state index in [1.165, 1.54) is 0 Å². The third-order valence-electron chi connectivity index (χ3n) is 4.98. The standard InChI is InChI=1S/C21H21N3O4/c1-4-24-16-8-13(3)12(2)7-15(16)23-19(21(24)26)20(25)22-10-14-5-6-17-18(9-14)28-11-27-17/h5-9H,4,10-11H2,1-3H3,(H,22,25). The van der Waals surface area contributed by atoms with Crippen LogP contribution >= 0.6 is 0 Å². The summed E-state index contributed by atoms with van der Waals surface area (Å²) in [7, 11) is 0. The number of rotatable bonds is 4. The van der Waals surface area contributed by atoms with Crippen LogP contribution < -0.4 is 20.3 Å². The van der Waals surface area contributed by atoms with E-state index in [0.717, 1.165) is 22.2 Å². The van der Waals surface area contributed by atoms with E-state index in [1.807, 2.05) is 45.0 Å². The molecule has 0 aliphatic carbocycles. The number of amides is 1. The van der Waals surface area contributed by atoms with Gasteiger partial charge in [-0.1, -0.05) is 6.07 Å². The molecule has 0 fully saturated rings. The average Bonchev–Trinajstić information content (AvgIpc) is 3.15. The largest absolute Gasteiger partial charge is 0.454 e. The summed E-state index contributed by atoms with van der Waals surface area (Å²) < 4.78 is 12.2. The first kappa shape index (κ1) is 18.0. The number of hydrogen-bond donors (Lipinski definition) is 1. The fourth-order valence-electron chi connectivity index (χ4n) is 3.28. The minimum absolute atomic E-state index is 0.0988. The molecule has 144 valence electrons. The molecule has 0 unspecified atom stereocenters. The summed E-state index contributed by atoms with van der Waals surface area (Å²) in [4.78, 5) is 29.9. The van der Waals surface area contributed by atoms with Crippen LogP contribution in [0, 0.1) is 13.8 Å². The van der Waals surface area contributed by atoms with Crippen LogP contribution in [0.25, 0.3) is 11.0 Å². The normalized spacial score (nSPS) is 12.4. The van der Waals surface area contributed by atoms with E-state index < -0.39 is 5.91 Å². The second-order valence-corrected chi connectivity index (χ2v) is 6.81. The number of carbonyl (C=O) groups is 1. The number of benzene rings is 2.